The van der Waals surface area contributed by atoms with E-state index in [9.17, 15) is 14.4 Å². The summed E-state index contributed by atoms with van der Waals surface area (Å²) in [6.45, 7) is 0.535. The smallest absolute Gasteiger partial charge is 0.331 e. The largest absolute Gasteiger partial charge is 0.493 e. The van der Waals surface area contributed by atoms with E-state index in [0.717, 1.165) is 10.6 Å². The van der Waals surface area contributed by atoms with Gasteiger partial charge in [0.15, 0.2) is 11.5 Å². The standard InChI is InChI=1S/C25H22N2O7/c1-31-22-15-17(9-10-21(22)34-13-12-33-18-6-3-2-4-7-18)14-20-23(28)26-25(30)27(24(20)29)16-19-8-5-11-32-19/h2-11,14-15H,12-13,16H2,1H3,(H,26,28,30). The lowest BCUT2D eigenvalue weighted by Crippen LogP contribution is -2.53. The van der Waals surface area contributed by atoms with Crippen molar-refractivity contribution in [2.45, 2.75) is 6.54 Å². The van der Waals surface area contributed by atoms with Crippen molar-refractivity contribution in [3.05, 3.63) is 83.8 Å². The zero-order valence-corrected chi connectivity index (χ0v) is 18.4. The zero-order chi connectivity index (χ0) is 23.9. The minimum absolute atomic E-state index is 0.0938. The quantitative estimate of drug-likeness (QED) is 0.295. The van der Waals surface area contributed by atoms with Crippen LogP contribution in [0.15, 0.2) is 76.9 Å². The van der Waals surface area contributed by atoms with Gasteiger partial charge in [0.2, 0.25) is 0 Å². The van der Waals surface area contributed by atoms with Gasteiger partial charge >= 0.3 is 6.03 Å². The predicted octanol–water partition coefficient (Wildman–Crippen LogP) is 3.41. The topological polar surface area (TPSA) is 107 Å². The highest BCUT2D eigenvalue weighted by atomic mass is 16.5. The SMILES string of the molecule is COc1cc(C=C2C(=O)NC(=O)N(Cc3ccco3)C2=O)ccc1OCCOc1ccccc1. The number of furan rings is 1. The molecule has 4 amide bonds. The van der Waals surface area contributed by atoms with Gasteiger partial charge in [0.1, 0.15) is 30.3 Å². The third-order valence-electron chi connectivity index (χ3n) is 4.93. The normalized spacial score (nSPS) is 14.8. The van der Waals surface area contributed by atoms with Crippen LogP contribution in [0.4, 0.5) is 4.79 Å². The van der Waals surface area contributed by atoms with E-state index in [2.05, 4.69) is 5.32 Å². The van der Waals surface area contributed by atoms with Crippen molar-refractivity contribution in [2.24, 2.45) is 0 Å². The Morgan fingerprint density at radius 2 is 1.74 bits per heavy atom. The van der Waals surface area contributed by atoms with Crippen molar-refractivity contribution in [3.63, 3.8) is 0 Å². The molecule has 1 N–H and O–H groups in total. The first-order chi connectivity index (χ1) is 16.5. The van der Waals surface area contributed by atoms with Gasteiger partial charge in [0.25, 0.3) is 11.8 Å². The average molecular weight is 462 g/mol. The minimum atomic E-state index is -0.803. The highest BCUT2D eigenvalue weighted by molar-refractivity contribution is 6.30. The van der Waals surface area contributed by atoms with Gasteiger partial charge in [-0.05, 0) is 48.0 Å². The van der Waals surface area contributed by atoms with Gasteiger partial charge in [-0.3, -0.25) is 19.8 Å². The summed E-state index contributed by atoms with van der Waals surface area (Å²) in [5, 5.41) is 2.18. The predicted molar refractivity (Wildman–Crippen MR) is 121 cm³/mol. The first-order valence-electron chi connectivity index (χ1n) is 10.4. The fraction of sp³-hybridized carbons (Fsp3) is 0.160. The van der Waals surface area contributed by atoms with Crippen molar-refractivity contribution >= 4 is 23.9 Å². The molecule has 0 bridgehead atoms. The van der Waals surface area contributed by atoms with Gasteiger partial charge in [-0.25, -0.2) is 4.79 Å². The second-order valence-corrected chi connectivity index (χ2v) is 7.21. The van der Waals surface area contributed by atoms with Gasteiger partial charge in [0, 0.05) is 0 Å². The highest BCUT2D eigenvalue weighted by Gasteiger charge is 2.36. The van der Waals surface area contributed by atoms with Crippen LogP contribution in [0.2, 0.25) is 0 Å². The van der Waals surface area contributed by atoms with Gasteiger partial charge in [-0.2, -0.15) is 0 Å². The van der Waals surface area contributed by atoms with Crippen molar-refractivity contribution in [3.8, 4) is 17.2 Å². The van der Waals surface area contributed by atoms with E-state index >= 15 is 0 Å². The molecule has 1 fully saturated rings. The third-order valence-corrected chi connectivity index (χ3v) is 4.93. The number of urea groups is 1. The van der Waals surface area contributed by atoms with Crippen LogP contribution in [-0.2, 0) is 16.1 Å². The molecule has 1 saturated heterocycles. The molecule has 2 heterocycles. The maximum absolute atomic E-state index is 12.9. The van der Waals surface area contributed by atoms with Crippen LogP contribution in [0, 0.1) is 0 Å². The van der Waals surface area contributed by atoms with Crippen molar-refractivity contribution in [2.75, 3.05) is 20.3 Å². The number of amides is 4. The van der Waals surface area contributed by atoms with Gasteiger partial charge < -0.3 is 18.6 Å². The molecule has 9 nitrogen and oxygen atoms in total. The number of carbonyl (C=O) groups excluding carboxylic acids is 3. The molecule has 1 aromatic heterocycles. The van der Waals surface area contributed by atoms with Gasteiger partial charge in [-0.15, -0.1) is 0 Å². The van der Waals surface area contributed by atoms with E-state index in [4.69, 9.17) is 18.6 Å². The number of ether oxygens (including phenoxy) is 3. The van der Waals surface area contributed by atoms with Crippen LogP contribution in [0.3, 0.4) is 0 Å². The van der Waals surface area contributed by atoms with Crippen molar-refractivity contribution < 1.29 is 33.0 Å². The Morgan fingerprint density at radius 3 is 2.47 bits per heavy atom. The summed E-state index contributed by atoms with van der Waals surface area (Å²) in [7, 11) is 1.49. The summed E-state index contributed by atoms with van der Waals surface area (Å²) >= 11 is 0. The number of rotatable bonds is 9. The number of methoxy groups -OCH3 is 1. The lowest BCUT2D eigenvalue weighted by Gasteiger charge is -2.25. The molecule has 0 radical (unpaired) electrons. The molecule has 3 aromatic rings. The van der Waals surface area contributed by atoms with Gasteiger partial charge in [0.05, 0.1) is 19.9 Å². The first-order valence-corrected chi connectivity index (χ1v) is 10.4. The van der Waals surface area contributed by atoms with Crippen LogP contribution in [-0.4, -0.2) is 43.1 Å². The highest BCUT2D eigenvalue weighted by Crippen LogP contribution is 2.29. The number of hydrogen-bond donors (Lipinski definition) is 1. The molecule has 2 aromatic carbocycles. The molecule has 1 aliphatic heterocycles. The molecular weight excluding hydrogens is 440 g/mol. The number of para-hydroxylation sites is 1. The number of carbonyl (C=O) groups is 3. The van der Waals surface area contributed by atoms with Crippen molar-refractivity contribution in [1.29, 1.82) is 0 Å². The molecule has 0 aliphatic carbocycles. The molecule has 34 heavy (non-hydrogen) atoms. The van der Waals surface area contributed by atoms with Crippen LogP contribution >= 0.6 is 0 Å². The Bertz CT molecular complexity index is 1200. The molecule has 0 unspecified atom stereocenters. The van der Waals surface area contributed by atoms with E-state index in [-0.39, 0.29) is 18.7 Å². The second-order valence-electron chi connectivity index (χ2n) is 7.21. The number of imide groups is 2. The van der Waals surface area contributed by atoms with Gasteiger partial charge in [-0.1, -0.05) is 24.3 Å². The Hall–Kier alpha value is -4.53. The summed E-state index contributed by atoms with van der Waals surface area (Å²) in [4.78, 5) is 38.3. The Kier molecular flexibility index (Phi) is 6.92. The van der Waals surface area contributed by atoms with E-state index in [0.29, 0.717) is 29.4 Å². The van der Waals surface area contributed by atoms with Crippen LogP contribution in [0.5, 0.6) is 17.2 Å². The molecule has 4 rings (SSSR count). The summed E-state index contributed by atoms with van der Waals surface area (Å²) in [6, 6.07) is 16.8. The Balaban J connectivity index is 1.45. The van der Waals surface area contributed by atoms with E-state index in [1.807, 2.05) is 30.3 Å². The van der Waals surface area contributed by atoms with Crippen LogP contribution in [0.1, 0.15) is 11.3 Å². The summed E-state index contributed by atoms with van der Waals surface area (Å²) in [5.41, 5.74) is 0.341. The Morgan fingerprint density at radius 1 is 0.941 bits per heavy atom. The van der Waals surface area contributed by atoms with E-state index < -0.39 is 17.8 Å². The number of nitrogens with zero attached hydrogens (tertiary/aromatic N) is 1. The first kappa shape index (κ1) is 22.7. The lowest BCUT2D eigenvalue weighted by atomic mass is 10.1. The molecule has 0 saturated carbocycles. The number of barbiturate groups is 1. The monoisotopic (exact) mass is 462 g/mol. The van der Waals surface area contributed by atoms with Crippen LogP contribution < -0.4 is 19.5 Å². The maximum Gasteiger partial charge on any atom is 0.331 e. The third kappa shape index (κ3) is 5.26. The molecule has 0 atom stereocenters. The number of hydrogen-bond acceptors (Lipinski definition) is 7. The average Bonchev–Trinajstić information content (AvgIpc) is 3.36. The number of nitrogens with one attached hydrogen (secondary N) is 1. The fourth-order valence-electron chi connectivity index (χ4n) is 3.28. The maximum atomic E-state index is 12.9. The fourth-order valence-corrected chi connectivity index (χ4v) is 3.28. The summed E-state index contributed by atoms with van der Waals surface area (Å²) in [6.07, 6.45) is 2.83. The molecule has 1 aliphatic rings. The second kappa shape index (κ2) is 10.4. The number of benzene rings is 2. The molecular formula is C25H22N2O7. The van der Waals surface area contributed by atoms with Crippen molar-refractivity contribution in [1.82, 2.24) is 10.2 Å². The summed E-state index contributed by atoms with van der Waals surface area (Å²) in [5.74, 6) is 0.564. The molecule has 0 spiro atoms. The Labute approximate surface area is 195 Å². The summed E-state index contributed by atoms with van der Waals surface area (Å²) < 4.78 is 22.0. The zero-order valence-electron chi connectivity index (χ0n) is 18.4. The minimum Gasteiger partial charge on any atom is -0.493 e. The molecule has 174 valence electrons. The van der Waals surface area contributed by atoms with E-state index in [1.54, 1.807) is 30.3 Å². The van der Waals surface area contributed by atoms with Crippen LogP contribution in [0.25, 0.3) is 6.08 Å². The molecule has 9 heteroatoms. The lowest BCUT2D eigenvalue weighted by molar-refractivity contribution is -0.130. The van der Waals surface area contributed by atoms with E-state index in [1.165, 1.54) is 19.4 Å².